The van der Waals surface area contributed by atoms with E-state index in [4.69, 9.17) is 5.73 Å². The Balaban J connectivity index is 0.00000288. The maximum atomic E-state index is 11.8. The fraction of sp³-hybridized carbons (Fsp3) is 0.333. The number of carbonyl (C=O) groups is 2. The molecule has 0 bridgehead atoms. The number of hydrogen-bond acceptors (Lipinski definition) is 5. The third-order valence-electron chi connectivity index (χ3n) is 3.28. The summed E-state index contributed by atoms with van der Waals surface area (Å²) in [7, 11) is 0. The van der Waals surface area contributed by atoms with Crippen LogP contribution in [0.15, 0.2) is 36.7 Å². The maximum absolute atomic E-state index is 11.8. The monoisotopic (exact) mass is 352 g/mol. The van der Waals surface area contributed by atoms with E-state index in [1.54, 1.807) is 41.3 Å². The quantitative estimate of drug-likeness (QED) is 0.708. The summed E-state index contributed by atoms with van der Waals surface area (Å²) in [5, 5.41) is 12.8. The van der Waals surface area contributed by atoms with Crippen molar-refractivity contribution in [3.8, 4) is 5.69 Å². The van der Waals surface area contributed by atoms with E-state index in [0.29, 0.717) is 5.69 Å². The number of nitrogens with zero attached hydrogens (tertiary/aromatic N) is 3. The molecule has 4 N–H and O–H groups in total. The van der Waals surface area contributed by atoms with Crippen molar-refractivity contribution in [2.75, 3.05) is 11.9 Å². The molecule has 0 unspecified atom stereocenters. The van der Waals surface area contributed by atoms with E-state index in [0.717, 1.165) is 5.69 Å². The van der Waals surface area contributed by atoms with Gasteiger partial charge in [0.2, 0.25) is 11.8 Å². The Labute approximate surface area is 146 Å². The zero-order chi connectivity index (χ0) is 16.8. The largest absolute Gasteiger partial charge is 0.346 e. The minimum absolute atomic E-state index is 0. The Morgan fingerprint density at radius 2 is 1.92 bits per heavy atom. The van der Waals surface area contributed by atoms with Gasteiger partial charge in [-0.25, -0.2) is 4.68 Å². The average Bonchev–Trinajstić information content (AvgIpc) is 3.07. The standard InChI is InChI=1S/C15H20N6O2.ClH/c1-10(2)14(16)15(23)17-9-13(22)19-11-3-5-12(6-4-11)21-8-7-18-20-21;/h3-8,10,14H,9,16H2,1-2H3,(H,17,23)(H,19,22);1H/t14-;/m0./s1. The minimum atomic E-state index is -0.621. The van der Waals surface area contributed by atoms with Crippen molar-refractivity contribution in [1.29, 1.82) is 0 Å². The number of hydrogen-bond donors (Lipinski definition) is 3. The third-order valence-corrected chi connectivity index (χ3v) is 3.28. The molecule has 0 aliphatic carbocycles. The second-order valence-electron chi connectivity index (χ2n) is 5.43. The first-order valence-electron chi connectivity index (χ1n) is 7.27. The van der Waals surface area contributed by atoms with Crippen LogP contribution in [0, 0.1) is 5.92 Å². The highest BCUT2D eigenvalue weighted by molar-refractivity contribution is 5.95. The van der Waals surface area contributed by atoms with Crippen LogP contribution in [0.4, 0.5) is 5.69 Å². The number of benzene rings is 1. The van der Waals surface area contributed by atoms with Gasteiger partial charge in [-0.3, -0.25) is 9.59 Å². The number of nitrogens with one attached hydrogen (secondary N) is 2. The molecule has 2 aromatic rings. The van der Waals surface area contributed by atoms with E-state index in [2.05, 4.69) is 20.9 Å². The van der Waals surface area contributed by atoms with Crippen LogP contribution in [-0.4, -0.2) is 39.4 Å². The van der Waals surface area contributed by atoms with Gasteiger partial charge >= 0.3 is 0 Å². The van der Waals surface area contributed by atoms with Gasteiger partial charge in [-0.1, -0.05) is 19.1 Å². The molecule has 130 valence electrons. The zero-order valence-electron chi connectivity index (χ0n) is 13.5. The summed E-state index contributed by atoms with van der Waals surface area (Å²) < 4.78 is 1.61. The second kappa shape index (κ2) is 8.99. The van der Waals surface area contributed by atoms with Crippen molar-refractivity contribution in [3.05, 3.63) is 36.7 Å². The first-order valence-corrected chi connectivity index (χ1v) is 7.27. The normalized spacial score (nSPS) is 11.5. The summed E-state index contributed by atoms with van der Waals surface area (Å²) in [6, 6.07) is 6.48. The van der Waals surface area contributed by atoms with Gasteiger partial charge in [-0.05, 0) is 30.2 Å². The van der Waals surface area contributed by atoms with Crippen molar-refractivity contribution in [2.24, 2.45) is 11.7 Å². The van der Waals surface area contributed by atoms with E-state index >= 15 is 0 Å². The van der Waals surface area contributed by atoms with Crippen LogP contribution in [0.1, 0.15) is 13.8 Å². The second-order valence-corrected chi connectivity index (χ2v) is 5.43. The summed E-state index contributed by atoms with van der Waals surface area (Å²) >= 11 is 0. The Morgan fingerprint density at radius 1 is 1.25 bits per heavy atom. The lowest BCUT2D eigenvalue weighted by Gasteiger charge is -2.15. The fourth-order valence-corrected chi connectivity index (χ4v) is 1.84. The van der Waals surface area contributed by atoms with Crippen LogP contribution >= 0.6 is 12.4 Å². The molecule has 9 heteroatoms. The lowest BCUT2D eigenvalue weighted by Crippen LogP contribution is -2.46. The van der Waals surface area contributed by atoms with Crippen LogP contribution in [0.2, 0.25) is 0 Å². The Hall–Kier alpha value is -2.45. The summed E-state index contributed by atoms with van der Waals surface area (Å²) in [5.74, 6) is -0.637. The maximum Gasteiger partial charge on any atom is 0.243 e. The van der Waals surface area contributed by atoms with E-state index in [1.807, 2.05) is 13.8 Å². The molecular formula is C15H21ClN6O2. The van der Waals surface area contributed by atoms with E-state index in [1.165, 1.54) is 0 Å². The topological polar surface area (TPSA) is 115 Å². The van der Waals surface area contributed by atoms with Crippen LogP contribution < -0.4 is 16.4 Å². The third kappa shape index (κ3) is 5.32. The summed E-state index contributed by atoms with van der Waals surface area (Å²) in [6.45, 7) is 3.58. The molecule has 0 aliphatic heterocycles. The average molecular weight is 353 g/mol. The van der Waals surface area contributed by atoms with E-state index in [9.17, 15) is 9.59 Å². The molecule has 1 atom stereocenters. The van der Waals surface area contributed by atoms with Crippen LogP contribution in [0.3, 0.4) is 0 Å². The highest BCUT2D eigenvalue weighted by Gasteiger charge is 2.17. The van der Waals surface area contributed by atoms with Crippen LogP contribution in [-0.2, 0) is 9.59 Å². The molecule has 24 heavy (non-hydrogen) atoms. The van der Waals surface area contributed by atoms with Crippen molar-refractivity contribution < 1.29 is 9.59 Å². The van der Waals surface area contributed by atoms with Crippen molar-refractivity contribution in [3.63, 3.8) is 0 Å². The Kier molecular flexibility index (Phi) is 7.34. The number of rotatable bonds is 6. The number of carbonyl (C=O) groups excluding carboxylic acids is 2. The van der Waals surface area contributed by atoms with Gasteiger partial charge in [0.25, 0.3) is 0 Å². The highest BCUT2D eigenvalue weighted by atomic mass is 35.5. The molecule has 0 radical (unpaired) electrons. The Bertz CT molecular complexity index is 657. The first-order chi connectivity index (χ1) is 11.0. The summed E-state index contributed by atoms with van der Waals surface area (Å²) in [6.07, 6.45) is 3.31. The van der Waals surface area contributed by atoms with Crippen LogP contribution in [0.5, 0.6) is 0 Å². The fourth-order valence-electron chi connectivity index (χ4n) is 1.84. The number of amides is 2. The molecule has 1 aromatic heterocycles. The predicted molar refractivity (Wildman–Crippen MR) is 93.1 cm³/mol. The van der Waals surface area contributed by atoms with Gasteiger partial charge in [0.05, 0.1) is 30.7 Å². The van der Waals surface area contributed by atoms with Crippen molar-refractivity contribution >= 4 is 29.9 Å². The lowest BCUT2D eigenvalue weighted by atomic mass is 10.1. The highest BCUT2D eigenvalue weighted by Crippen LogP contribution is 2.11. The van der Waals surface area contributed by atoms with Gasteiger partial charge in [-0.15, -0.1) is 17.5 Å². The molecule has 0 aliphatic rings. The SMILES string of the molecule is CC(C)[C@H](N)C(=O)NCC(=O)Nc1ccc(-n2ccnn2)cc1.Cl. The van der Waals surface area contributed by atoms with Crippen molar-refractivity contribution in [1.82, 2.24) is 20.3 Å². The lowest BCUT2D eigenvalue weighted by molar-refractivity contribution is -0.125. The van der Waals surface area contributed by atoms with E-state index in [-0.39, 0.29) is 36.7 Å². The Morgan fingerprint density at radius 3 is 2.46 bits per heavy atom. The predicted octanol–water partition coefficient (Wildman–Crippen LogP) is 0.727. The molecule has 0 saturated heterocycles. The number of nitrogens with two attached hydrogens (primary N) is 1. The molecule has 0 spiro atoms. The molecule has 2 rings (SSSR count). The molecule has 2 amide bonds. The molecule has 8 nitrogen and oxygen atoms in total. The van der Waals surface area contributed by atoms with Crippen LogP contribution in [0.25, 0.3) is 5.69 Å². The van der Waals surface area contributed by atoms with Gasteiger partial charge < -0.3 is 16.4 Å². The smallest absolute Gasteiger partial charge is 0.243 e. The van der Waals surface area contributed by atoms with Gasteiger partial charge in [0, 0.05) is 5.69 Å². The number of anilines is 1. The summed E-state index contributed by atoms with van der Waals surface area (Å²) in [4.78, 5) is 23.5. The molecular weight excluding hydrogens is 332 g/mol. The number of halogens is 1. The molecule has 0 saturated carbocycles. The molecule has 1 aromatic carbocycles. The molecule has 0 fully saturated rings. The van der Waals surface area contributed by atoms with Gasteiger partial charge in [0.15, 0.2) is 0 Å². The number of aromatic nitrogens is 3. The zero-order valence-corrected chi connectivity index (χ0v) is 14.3. The first kappa shape index (κ1) is 19.6. The minimum Gasteiger partial charge on any atom is -0.346 e. The van der Waals surface area contributed by atoms with E-state index < -0.39 is 6.04 Å². The van der Waals surface area contributed by atoms with Gasteiger partial charge in [-0.2, -0.15) is 0 Å². The summed E-state index contributed by atoms with van der Waals surface area (Å²) in [5.41, 5.74) is 7.16. The molecule has 1 heterocycles. The van der Waals surface area contributed by atoms with Crippen molar-refractivity contribution in [2.45, 2.75) is 19.9 Å². The van der Waals surface area contributed by atoms with Gasteiger partial charge in [0.1, 0.15) is 0 Å².